The van der Waals surface area contributed by atoms with E-state index in [0.29, 0.717) is 5.92 Å². The molecule has 1 fully saturated rings. The highest BCUT2D eigenvalue weighted by molar-refractivity contribution is 9.10. The fourth-order valence-corrected chi connectivity index (χ4v) is 3.85. The predicted octanol–water partition coefficient (Wildman–Crippen LogP) is 4.50. The van der Waals surface area contributed by atoms with Gasteiger partial charge in [-0.15, -0.1) is 11.3 Å². The van der Waals surface area contributed by atoms with Gasteiger partial charge in [-0.2, -0.15) is 0 Å². The summed E-state index contributed by atoms with van der Waals surface area (Å²) in [4.78, 5) is 12.0. The van der Waals surface area contributed by atoms with Gasteiger partial charge in [0.2, 0.25) is 0 Å². The molecule has 0 spiro atoms. The lowest BCUT2D eigenvalue weighted by atomic mass is 10.2. The molecule has 1 N–H and O–H groups in total. The third-order valence-electron chi connectivity index (χ3n) is 3.36. The number of anilines is 1. The van der Waals surface area contributed by atoms with Crippen LogP contribution in [0.25, 0.3) is 11.4 Å². The third kappa shape index (κ3) is 2.41. The smallest absolute Gasteiger partial charge is 0.162 e. The Hall–Kier alpha value is -0.940. The Bertz CT molecular complexity index is 632. The summed E-state index contributed by atoms with van der Waals surface area (Å²) in [5, 5.41) is 3.16. The van der Waals surface area contributed by atoms with Crippen molar-refractivity contribution in [2.24, 2.45) is 0 Å². The molecule has 3 nitrogen and oxygen atoms in total. The van der Waals surface area contributed by atoms with E-state index in [1.54, 1.807) is 11.3 Å². The Morgan fingerprint density at radius 2 is 2.05 bits per heavy atom. The van der Waals surface area contributed by atoms with Crippen LogP contribution < -0.4 is 5.32 Å². The summed E-state index contributed by atoms with van der Waals surface area (Å²) >= 11 is 5.43. The lowest BCUT2D eigenvalue weighted by molar-refractivity contribution is 0.980. The van der Waals surface area contributed by atoms with Gasteiger partial charge in [0, 0.05) is 28.3 Å². The zero-order chi connectivity index (χ0) is 13.6. The van der Waals surface area contributed by atoms with Crippen LogP contribution in [0.5, 0.6) is 0 Å². The van der Waals surface area contributed by atoms with Gasteiger partial charge in [0.1, 0.15) is 5.82 Å². The maximum absolute atomic E-state index is 4.80. The van der Waals surface area contributed by atoms with E-state index in [1.807, 2.05) is 7.05 Å². The summed E-state index contributed by atoms with van der Waals surface area (Å²) < 4.78 is 1.02. The first-order valence-corrected chi connectivity index (χ1v) is 8.03. The molecule has 100 valence electrons. The molecule has 0 bridgehead atoms. The molecule has 3 rings (SSSR count). The molecule has 1 aliphatic rings. The number of hydrogen-bond donors (Lipinski definition) is 1. The molecule has 1 aliphatic carbocycles. The summed E-state index contributed by atoms with van der Waals surface area (Å²) in [7, 11) is 1.90. The molecule has 0 atom stereocenters. The van der Waals surface area contributed by atoms with Crippen molar-refractivity contribution in [1.82, 2.24) is 9.97 Å². The Morgan fingerprint density at radius 1 is 1.32 bits per heavy atom. The first-order valence-electron chi connectivity index (χ1n) is 6.42. The van der Waals surface area contributed by atoms with Gasteiger partial charge in [-0.1, -0.05) is 0 Å². The number of aromatic nitrogens is 2. The van der Waals surface area contributed by atoms with E-state index >= 15 is 0 Å². The quantitative estimate of drug-likeness (QED) is 0.895. The first-order chi connectivity index (χ1) is 9.10. The molecule has 0 radical (unpaired) electrons. The van der Waals surface area contributed by atoms with Crippen molar-refractivity contribution in [3.05, 3.63) is 26.0 Å². The molecule has 5 heteroatoms. The van der Waals surface area contributed by atoms with Crippen LogP contribution >= 0.6 is 27.3 Å². The Labute approximate surface area is 125 Å². The minimum atomic E-state index is 0.600. The summed E-state index contributed by atoms with van der Waals surface area (Å²) in [5.41, 5.74) is 2.31. The van der Waals surface area contributed by atoms with Crippen molar-refractivity contribution < 1.29 is 0 Å². The van der Waals surface area contributed by atoms with Crippen LogP contribution in [0.3, 0.4) is 0 Å². The normalized spacial score (nSPS) is 14.7. The van der Waals surface area contributed by atoms with Crippen molar-refractivity contribution in [2.45, 2.75) is 32.6 Å². The van der Waals surface area contributed by atoms with Crippen LogP contribution in [-0.2, 0) is 0 Å². The van der Waals surface area contributed by atoms with Crippen molar-refractivity contribution in [2.75, 3.05) is 12.4 Å². The molecule has 0 aliphatic heterocycles. The molecule has 19 heavy (non-hydrogen) atoms. The lowest BCUT2D eigenvalue weighted by Crippen LogP contribution is -2.02. The SMILES string of the molecule is CNc1nc(-c2cc(C)sc2C)nc(C2CC2)c1Br. The van der Waals surface area contributed by atoms with Crippen molar-refractivity contribution >= 4 is 33.1 Å². The molecule has 0 amide bonds. The fourth-order valence-electron chi connectivity index (χ4n) is 2.23. The number of hydrogen-bond acceptors (Lipinski definition) is 4. The van der Waals surface area contributed by atoms with Gasteiger partial charge in [0.05, 0.1) is 10.2 Å². The van der Waals surface area contributed by atoms with E-state index in [2.05, 4.69) is 46.1 Å². The summed E-state index contributed by atoms with van der Waals surface area (Å²) in [6.07, 6.45) is 2.47. The van der Waals surface area contributed by atoms with Crippen LogP contribution in [0, 0.1) is 13.8 Å². The first kappa shape index (κ1) is 13.1. The molecular weight excluding hydrogens is 322 g/mol. The van der Waals surface area contributed by atoms with Crippen molar-refractivity contribution in [3.63, 3.8) is 0 Å². The number of nitrogens with zero attached hydrogens (tertiary/aromatic N) is 2. The van der Waals surface area contributed by atoms with Crippen LogP contribution in [-0.4, -0.2) is 17.0 Å². The van der Waals surface area contributed by atoms with Crippen LogP contribution in [0.2, 0.25) is 0 Å². The average Bonchev–Trinajstić information content (AvgIpc) is 3.15. The highest BCUT2D eigenvalue weighted by Gasteiger charge is 2.29. The standard InChI is InChI=1S/C14H16BrN3S/c1-7-6-10(8(2)19-7)13-17-12(9-4-5-9)11(15)14(16-3)18-13/h6,9H,4-5H2,1-3H3,(H,16,17,18). The molecule has 0 unspecified atom stereocenters. The van der Waals surface area contributed by atoms with E-state index < -0.39 is 0 Å². The largest absolute Gasteiger partial charge is 0.372 e. The summed E-state index contributed by atoms with van der Waals surface area (Å²) in [5.74, 6) is 2.33. The molecule has 2 aromatic heterocycles. The molecule has 2 heterocycles. The Balaban J connectivity index is 2.16. The fraction of sp³-hybridized carbons (Fsp3) is 0.429. The van der Waals surface area contributed by atoms with Crippen LogP contribution in [0.1, 0.15) is 34.2 Å². The van der Waals surface area contributed by atoms with E-state index in [4.69, 9.17) is 4.98 Å². The second-order valence-electron chi connectivity index (χ2n) is 4.95. The number of thiophene rings is 1. The second kappa shape index (κ2) is 4.87. The van der Waals surface area contributed by atoms with Crippen molar-refractivity contribution in [1.29, 1.82) is 0 Å². The molecule has 2 aromatic rings. The van der Waals surface area contributed by atoms with E-state index in [9.17, 15) is 0 Å². The number of nitrogens with one attached hydrogen (secondary N) is 1. The topological polar surface area (TPSA) is 37.8 Å². The number of halogens is 1. The zero-order valence-electron chi connectivity index (χ0n) is 11.2. The van der Waals surface area contributed by atoms with Gasteiger partial charge < -0.3 is 5.32 Å². The van der Waals surface area contributed by atoms with Gasteiger partial charge in [0.25, 0.3) is 0 Å². The van der Waals surface area contributed by atoms with Gasteiger partial charge in [-0.05, 0) is 48.7 Å². The minimum absolute atomic E-state index is 0.600. The Morgan fingerprint density at radius 3 is 2.58 bits per heavy atom. The number of rotatable bonds is 3. The Kier molecular flexibility index (Phi) is 3.35. The summed E-state index contributed by atoms with van der Waals surface area (Å²) in [6, 6.07) is 2.18. The molecule has 1 saturated carbocycles. The van der Waals surface area contributed by atoms with E-state index in [-0.39, 0.29) is 0 Å². The maximum atomic E-state index is 4.80. The van der Waals surface area contributed by atoms with E-state index in [1.165, 1.54) is 22.6 Å². The molecule has 0 saturated heterocycles. The minimum Gasteiger partial charge on any atom is -0.372 e. The molecule has 0 aromatic carbocycles. The van der Waals surface area contributed by atoms with Gasteiger partial charge in [-0.3, -0.25) is 0 Å². The maximum Gasteiger partial charge on any atom is 0.162 e. The van der Waals surface area contributed by atoms with Crippen LogP contribution in [0.4, 0.5) is 5.82 Å². The summed E-state index contributed by atoms with van der Waals surface area (Å²) in [6.45, 7) is 4.26. The highest BCUT2D eigenvalue weighted by Crippen LogP contribution is 2.44. The number of aryl methyl sites for hydroxylation is 2. The van der Waals surface area contributed by atoms with Gasteiger partial charge in [-0.25, -0.2) is 9.97 Å². The van der Waals surface area contributed by atoms with E-state index in [0.717, 1.165) is 27.4 Å². The zero-order valence-corrected chi connectivity index (χ0v) is 13.7. The second-order valence-corrected chi connectivity index (χ2v) is 7.20. The van der Waals surface area contributed by atoms with Crippen molar-refractivity contribution in [3.8, 4) is 11.4 Å². The lowest BCUT2D eigenvalue weighted by Gasteiger charge is -2.10. The average molecular weight is 338 g/mol. The molecular formula is C14H16BrN3S. The predicted molar refractivity (Wildman–Crippen MR) is 84.0 cm³/mol. The van der Waals surface area contributed by atoms with Crippen LogP contribution in [0.15, 0.2) is 10.5 Å². The third-order valence-corrected chi connectivity index (χ3v) is 5.11. The van der Waals surface area contributed by atoms with Gasteiger partial charge >= 0.3 is 0 Å². The van der Waals surface area contributed by atoms with Gasteiger partial charge in [0.15, 0.2) is 5.82 Å². The monoisotopic (exact) mass is 337 g/mol. The highest BCUT2D eigenvalue weighted by atomic mass is 79.9.